The van der Waals surface area contributed by atoms with E-state index in [0.29, 0.717) is 6.04 Å². The van der Waals surface area contributed by atoms with Crippen molar-refractivity contribution in [3.8, 4) is 0 Å². The fourth-order valence-corrected chi connectivity index (χ4v) is 1.70. The summed E-state index contributed by atoms with van der Waals surface area (Å²) >= 11 is 0. The lowest BCUT2D eigenvalue weighted by atomic mass is 10.1. The zero-order valence-corrected chi connectivity index (χ0v) is 10.2. The van der Waals surface area contributed by atoms with Crippen LogP contribution in [0.5, 0.6) is 0 Å². The normalized spacial score (nSPS) is 12.5. The summed E-state index contributed by atoms with van der Waals surface area (Å²) in [7, 11) is 0. The molecule has 84 valence electrons. The van der Waals surface area contributed by atoms with Gasteiger partial charge in [0.2, 0.25) is 0 Å². The maximum absolute atomic E-state index is 3.53. The molecule has 0 fully saturated rings. The summed E-state index contributed by atoms with van der Waals surface area (Å²) in [5.74, 6) is 0. The van der Waals surface area contributed by atoms with Crippen LogP contribution >= 0.6 is 0 Å². The number of aryl methyl sites for hydroxylation is 1. The first-order valence-electron chi connectivity index (χ1n) is 6.11. The average molecular weight is 205 g/mol. The lowest BCUT2D eigenvalue weighted by Crippen LogP contribution is -2.14. The van der Waals surface area contributed by atoms with Gasteiger partial charge in [-0.15, -0.1) is 0 Å². The highest BCUT2D eigenvalue weighted by molar-refractivity contribution is 5.45. The molecule has 0 bridgehead atoms. The minimum atomic E-state index is 0.581. The molecular weight excluding hydrogens is 182 g/mol. The minimum absolute atomic E-state index is 0.581. The molecular formula is C14H23N. The second kappa shape index (κ2) is 6.49. The van der Waals surface area contributed by atoms with Gasteiger partial charge >= 0.3 is 0 Å². The van der Waals surface area contributed by atoms with Gasteiger partial charge < -0.3 is 5.32 Å². The van der Waals surface area contributed by atoms with Crippen molar-refractivity contribution in [1.29, 1.82) is 0 Å². The number of rotatable bonds is 6. The summed E-state index contributed by atoms with van der Waals surface area (Å²) in [6.07, 6.45) is 4.96. The summed E-state index contributed by atoms with van der Waals surface area (Å²) < 4.78 is 0. The van der Waals surface area contributed by atoms with Gasteiger partial charge in [0, 0.05) is 11.7 Å². The largest absolute Gasteiger partial charge is 0.383 e. The zero-order chi connectivity index (χ0) is 11.1. The summed E-state index contributed by atoms with van der Waals surface area (Å²) in [6, 6.07) is 9.35. The third-order valence-corrected chi connectivity index (χ3v) is 2.77. The fourth-order valence-electron chi connectivity index (χ4n) is 1.70. The highest BCUT2D eigenvalue weighted by Gasteiger charge is 2.00. The molecule has 0 aliphatic rings. The quantitative estimate of drug-likeness (QED) is 0.732. The molecule has 1 rings (SSSR count). The molecule has 1 nitrogen and oxygen atoms in total. The number of unbranched alkanes of at least 4 members (excludes halogenated alkanes) is 1. The van der Waals surface area contributed by atoms with Crippen molar-refractivity contribution in [2.45, 2.75) is 52.5 Å². The van der Waals surface area contributed by atoms with E-state index in [1.807, 2.05) is 0 Å². The van der Waals surface area contributed by atoms with Crippen LogP contribution in [0.3, 0.4) is 0 Å². The molecule has 1 aromatic carbocycles. The Morgan fingerprint density at radius 1 is 1.13 bits per heavy atom. The van der Waals surface area contributed by atoms with Crippen LogP contribution in [-0.4, -0.2) is 6.04 Å². The third kappa shape index (κ3) is 4.37. The maximum Gasteiger partial charge on any atom is 0.0342 e. The van der Waals surface area contributed by atoms with Gasteiger partial charge in [-0.3, -0.25) is 0 Å². The van der Waals surface area contributed by atoms with E-state index in [1.165, 1.54) is 30.5 Å². The standard InChI is InChI=1S/C14H23N/c1-4-6-7-12(3)15-14-10-8-13(5-2)9-11-14/h8-12,15H,4-7H2,1-3H3. The first kappa shape index (κ1) is 12.1. The maximum atomic E-state index is 3.53. The van der Waals surface area contributed by atoms with Crippen LogP contribution in [0, 0.1) is 0 Å². The van der Waals surface area contributed by atoms with Crippen molar-refractivity contribution in [2.75, 3.05) is 5.32 Å². The Bertz CT molecular complexity index is 263. The van der Waals surface area contributed by atoms with Gasteiger partial charge in [0.15, 0.2) is 0 Å². The van der Waals surface area contributed by atoms with E-state index in [-0.39, 0.29) is 0 Å². The summed E-state index contributed by atoms with van der Waals surface area (Å²) in [4.78, 5) is 0. The van der Waals surface area contributed by atoms with Crippen molar-refractivity contribution >= 4 is 5.69 Å². The highest BCUT2D eigenvalue weighted by atomic mass is 14.9. The molecule has 1 heteroatoms. The topological polar surface area (TPSA) is 12.0 Å². The SMILES string of the molecule is CCCCC(C)Nc1ccc(CC)cc1. The summed E-state index contributed by atoms with van der Waals surface area (Å²) in [6.45, 7) is 6.68. The van der Waals surface area contributed by atoms with Crippen LogP contribution in [0.1, 0.15) is 45.6 Å². The van der Waals surface area contributed by atoms with Gasteiger partial charge in [-0.25, -0.2) is 0 Å². The van der Waals surface area contributed by atoms with Crippen molar-refractivity contribution in [3.05, 3.63) is 29.8 Å². The Hall–Kier alpha value is -0.980. The van der Waals surface area contributed by atoms with Crippen LogP contribution in [-0.2, 0) is 6.42 Å². The van der Waals surface area contributed by atoms with Crippen LogP contribution in [0.25, 0.3) is 0 Å². The Balaban J connectivity index is 2.42. The van der Waals surface area contributed by atoms with Gasteiger partial charge in [-0.2, -0.15) is 0 Å². The number of hydrogen-bond acceptors (Lipinski definition) is 1. The average Bonchev–Trinajstić information content (AvgIpc) is 2.27. The van der Waals surface area contributed by atoms with Crippen molar-refractivity contribution in [1.82, 2.24) is 0 Å². The number of nitrogens with one attached hydrogen (secondary N) is 1. The van der Waals surface area contributed by atoms with E-state index in [9.17, 15) is 0 Å². The highest BCUT2D eigenvalue weighted by Crippen LogP contribution is 2.13. The molecule has 15 heavy (non-hydrogen) atoms. The minimum Gasteiger partial charge on any atom is -0.383 e. The van der Waals surface area contributed by atoms with E-state index in [0.717, 1.165) is 6.42 Å². The second-order valence-corrected chi connectivity index (χ2v) is 4.24. The molecule has 0 saturated carbocycles. The molecule has 1 N–H and O–H groups in total. The van der Waals surface area contributed by atoms with Crippen LogP contribution < -0.4 is 5.32 Å². The first-order chi connectivity index (χ1) is 7.26. The molecule has 0 amide bonds. The predicted octanol–water partition coefficient (Wildman–Crippen LogP) is 4.24. The fraction of sp³-hybridized carbons (Fsp3) is 0.571. The van der Waals surface area contributed by atoms with E-state index in [2.05, 4.69) is 50.4 Å². The van der Waals surface area contributed by atoms with Crippen LogP contribution in [0.4, 0.5) is 5.69 Å². The molecule has 1 atom stereocenters. The van der Waals surface area contributed by atoms with Crippen molar-refractivity contribution in [2.24, 2.45) is 0 Å². The molecule has 0 heterocycles. The van der Waals surface area contributed by atoms with Gasteiger partial charge in [0.25, 0.3) is 0 Å². The molecule has 0 spiro atoms. The number of benzene rings is 1. The Labute approximate surface area is 93.9 Å². The molecule has 0 aliphatic carbocycles. The molecule has 0 aromatic heterocycles. The lowest BCUT2D eigenvalue weighted by Gasteiger charge is -2.14. The first-order valence-corrected chi connectivity index (χ1v) is 6.11. The monoisotopic (exact) mass is 205 g/mol. The number of hydrogen-bond donors (Lipinski definition) is 1. The molecule has 0 aliphatic heterocycles. The molecule has 1 aromatic rings. The van der Waals surface area contributed by atoms with E-state index < -0.39 is 0 Å². The van der Waals surface area contributed by atoms with E-state index in [4.69, 9.17) is 0 Å². The summed E-state index contributed by atoms with van der Waals surface area (Å²) in [5, 5.41) is 3.53. The Morgan fingerprint density at radius 2 is 1.80 bits per heavy atom. The zero-order valence-electron chi connectivity index (χ0n) is 10.2. The molecule has 1 unspecified atom stereocenters. The van der Waals surface area contributed by atoms with Gasteiger partial charge in [-0.1, -0.05) is 38.8 Å². The van der Waals surface area contributed by atoms with E-state index >= 15 is 0 Å². The number of anilines is 1. The van der Waals surface area contributed by atoms with Gasteiger partial charge in [0.05, 0.1) is 0 Å². The van der Waals surface area contributed by atoms with Crippen molar-refractivity contribution in [3.63, 3.8) is 0 Å². The predicted molar refractivity (Wildman–Crippen MR) is 68.4 cm³/mol. The molecule has 0 radical (unpaired) electrons. The van der Waals surface area contributed by atoms with Gasteiger partial charge in [0.1, 0.15) is 0 Å². The third-order valence-electron chi connectivity index (χ3n) is 2.77. The summed E-state index contributed by atoms with van der Waals surface area (Å²) in [5.41, 5.74) is 2.65. The second-order valence-electron chi connectivity index (χ2n) is 4.24. The van der Waals surface area contributed by atoms with Crippen LogP contribution in [0.15, 0.2) is 24.3 Å². The lowest BCUT2D eigenvalue weighted by molar-refractivity contribution is 0.645. The Kier molecular flexibility index (Phi) is 5.23. The van der Waals surface area contributed by atoms with Gasteiger partial charge in [-0.05, 0) is 37.5 Å². The molecule has 0 saturated heterocycles. The van der Waals surface area contributed by atoms with Crippen LogP contribution in [0.2, 0.25) is 0 Å². The smallest absolute Gasteiger partial charge is 0.0342 e. The van der Waals surface area contributed by atoms with E-state index in [1.54, 1.807) is 0 Å². The van der Waals surface area contributed by atoms with Crippen molar-refractivity contribution < 1.29 is 0 Å². The Morgan fingerprint density at radius 3 is 2.33 bits per heavy atom.